The summed E-state index contributed by atoms with van der Waals surface area (Å²) in [7, 11) is 1.72. The Bertz CT molecular complexity index is 702. The Morgan fingerprint density at radius 1 is 1.48 bits per heavy atom. The number of hydrogen-bond acceptors (Lipinski definition) is 5. The number of thiocarbonyl (C=S) groups is 1. The number of carbonyl (C=O) groups is 1. The minimum absolute atomic E-state index is 0.0769. The zero-order chi connectivity index (χ0) is 17.1. The molecule has 1 N–H and O–H groups in total. The molecule has 8 heteroatoms. The third-order valence-corrected chi connectivity index (χ3v) is 4.09. The lowest BCUT2D eigenvalue weighted by Crippen LogP contribution is -2.46. The second-order valence-corrected chi connectivity index (χ2v) is 5.36. The van der Waals surface area contributed by atoms with Gasteiger partial charge in [-0.1, -0.05) is 12.1 Å². The molecule has 2 rings (SSSR count). The molecule has 0 amide bonds. The number of nitro groups is 1. The summed E-state index contributed by atoms with van der Waals surface area (Å²) in [5.74, 6) is -0.519. The summed E-state index contributed by atoms with van der Waals surface area (Å²) in [6, 6.07) is 5.55. The van der Waals surface area contributed by atoms with Gasteiger partial charge in [-0.2, -0.15) is 0 Å². The lowest BCUT2D eigenvalue weighted by atomic mass is 9.94. The molecule has 122 valence electrons. The molecule has 1 heterocycles. The minimum atomic E-state index is -0.723. The van der Waals surface area contributed by atoms with Crippen LogP contribution in [0.2, 0.25) is 0 Å². The maximum atomic E-state index is 12.4. The molecule has 7 nitrogen and oxygen atoms in total. The van der Waals surface area contributed by atoms with E-state index in [4.69, 9.17) is 17.0 Å². The maximum Gasteiger partial charge on any atom is 0.338 e. The van der Waals surface area contributed by atoms with E-state index >= 15 is 0 Å². The molecule has 0 saturated heterocycles. The molecule has 0 radical (unpaired) electrons. The average Bonchev–Trinajstić information content (AvgIpc) is 2.52. The summed E-state index contributed by atoms with van der Waals surface area (Å²) in [5, 5.41) is 14.7. The van der Waals surface area contributed by atoms with Crippen LogP contribution >= 0.6 is 12.2 Å². The van der Waals surface area contributed by atoms with E-state index in [9.17, 15) is 14.9 Å². The van der Waals surface area contributed by atoms with Crippen molar-refractivity contribution in [1.29, 1.82) is 0 Å². The molecule has 23 heavy (non-hydrogen) atoms. The van der Waals surface area contributed by atoms with E-state index in [-0.39, 0.29) is 12.3 Å². The highest BCUT2D eigenvalue weighted by Crippen LogP contribution is 2.35. The molecule has 1 aromatic carbocycles. The van der Waals surface area contributed by atoms with Crippen molar-refractivity contribution in [3.05, 3.63) is 51.2 Å². The van der Waals surface area contributed by atoms with Crippen molar-refractivity contribution in [1.82, 2.24) is 10.2 Å². The van der Waals surface area contributed by atoms with Crippen molar-refractivity contribution in [3.63, 3.8) is 0 Å². The lowest BCUT2D eigenvalue weighted by molar-refractivity contribution is -0.385. The summed E-state index contributed by atoms with van der Waals surface area (Å²) in [5.41, 5.74) is 1.22. The van der Waals surface area contributed by atoms with Gasteiger partial charge >= 0.3 is 5.97 Å². The van der Waals surface area contributed by atoms with Gasteiger partial charge in [-0.15, -0.1) is 0 Å². The molecule has 1 aliphatic heterocycles. The van der Waals surface area contributed by atoms with Crippen LogP contribution in [-0.4, -0.2) is 34.6 Å². The van der Waals surface area contributed by atoms with E-state index < -0.39 is 16.9 Å². The fourth-order valence-corrected chi connectivity index (χ4v) is 2.69. The number of ether oxygens (including phenoxy) is 1. The largest absolute Gasteiger partial charge is 0.463 e. The third kappa shape index (κ3) is 3.16. The molecule has 0 spiro atoms. The fraction of sp³-hybridized carbons (Fsp3) is 0.333. The second-order valence-electron chi connectivity index (χ2n) is 4.98. The first-order valence-corrected chi connectivity index (χ1v) is 7.44. The van der Waals surface area contributed by atoms with Crippen molar-refractivity contribution in [2.75, 3.05) is 13.7 Å². The minimum Gasteiger partial charge on any atom is -0.463 e. The van der Waals surface area contributed by atoms with Crippen molar-refractivity contribution in [2.45, 2.75) is 19.9 Å². The molecule has 1 aromatic rings. The highest BCUT2D eigenvalue weighted by molar-refractivity contribution is 7.80. The smallest absolute Gasteiger partial charge is 0.338 e. The zero-order valence-electron chi connectivity index (χ0n) is 13.0. The number of allylic oxidation sites excluding steroid dienone is 1. The monoisotopic (exact) mass is 335 g/mol. The molecule has 0 unspecified atom stereocenters. The van der Waals surface area contributed by atoms with Gasteiger partial charge in [0, 0.05) is 18.8 Å². The Hall–Kier alpha value is -2.48. The molecular formula is C15H17N3O4S. The van der Waals surface area contributed by atoms with E-state index in [1.165, 1.54) is 6.07 Å². The van der Waals surface area contributed by atoms with Gasteiger partial charge in [-0.05, 0) is 32.1 Å². The quantitative estimate of drug-likeness (QED) is 0.391. The van der Waals surface area contributed by atoms with Crippen LogP contribution in [0.15, 0.2) is 35.5 Å². The fourth-order valence-electron chi connectivity index (χ4n) is 2.44. The van der Waals surface area contributed by atoms with Crippen LogP contribution in [0.1, 0.15) is 25.5 Å². The molecule has 1 atom stereocenters. The van der Waals surface area contributed by atoms with Crippen LogP contribution in [0, 0.1) is 10.1 Å². The zero-order valence-corrected chi connectivity index (χ0v) is 13.8. The Labute approximate surface area is 139 Å². The predicted octanol–water partition coefficient (Wildman–Crippen LogP) is 2.29. The number of nitrogens with zero attached hydrogens (tertiary/aromatic N) is 2. The summed E-state index contributed by atoms with van der Waals surface area (Å²) < 4.78 is 5.11. The molecule has 0 aliphatic carbocycles. The van der Waals surface area contributed by atoms with Crippen LogP contribution in [0.3, 0.4) is 0 Å². The van der Waals surface area contributed by atoms with E-state index in [1.54, 1.807) is 44.0 Å². The Morgan fingerprint density at radius 3 is 2.74 bits per heavy atom. The summed E-state index contributed by atoms with van der Waals surface area (Å²) >= 11 is 5.25. The van der Waals surface area contributed by atoms with Gasteiger partial charge in [0.25, 0.3) is 5.69 Å². The van der Waals surface area contributed by atoms with E-state index in [2.05, 4.69) is 5.32 Å². The number of hydrogen-bond donors (Lipinski definition) is 1. The van der Waals surface area contributed by atoms with Gasteiger partial charge in [-0.25, -0.2) is 4.79 Å². The average molecular weight is 335 g/mol. The standard InChI is InChI=1S/C15H17N3O4S/c1-4-22-14(19)12-9(2)17(3)15(23)16-13(12)10-7-5-6-8-11(10)18(20)21/h5-8,13H,4H2,1-3H3,(H,16,23)/t13-/m0/s1. The number of benzene rings is 1. The molecule has 0 fully saturated rings. The van der Waals surface area contributed by atoms with Gasteiger partial charge in [-0.3, -0.25) is 10.1 Å². The topological polar surface area (TPSA) is 84.7 Å². The molecular weight excluding hydrogens is 318 g/mol. The summed E-state index contributed by atoms with van der Waals surface area (Å²) in [6.07, 6.45) is 0. The van der Waals surface area contributed by atoms with Crippen LogP contribution in [0.4, 0.5) is 5.69 Å². The normalized spacial score (nSPS) is 17.8. The second kappa shape index (κ2) is 6.74. The molecule has 1 aliphatic rings. The van der Waals surface area contributed by atoms with Crippen molar-refractivity contribution in [2.24, 2.45) is 0 Å². The van der Waals surface area contributed by atoms with E-state index in [0.29, 0.717) is 21.9 Å². The van der Waals surface area contributed by atoms with Crippen LogP contribution in [0.25, 0.3) is 0 Å². The van der Waals surface area contributed by atoms with Gasteiger partial charge in [0.1, 0.15) is 0 Å². The number of carbonyl (C=O) groups excluding carboxylic acids is 1. The highest BCUT2D eigenvalue weighted by atomic mass is 32.1. The maximum absolute atomic E-state index is 12.4. The lowest BCUT2D eigenvalue weighted by Gasteiger charge is -2.35. The van der Waals surface area contributed by atoms with E-state index in [0.717, 1.165) is 0 Å². The van der Waals surface area contributed by atoms with Crippen molar-refractivity contribution >= 4 is 29.0 Å². The number of para-hydroxylation sites is 1. The molecule has 0 aromatic heterocycles. The highest BCUT2D eigenvalue weighted by Gasteiger charge is 2.36. The first-order valence-electron chi connectivity index (χ1n) is 7.03. The Kier molecular flexibility index (Phi) is 4.95. The van der Waals surface area contributed by atoms with Gasteiger partial charge in [0.05, 0.1) is 28.7 Å². The summed E-state index contributed by atoms with van der Waals surface area (Å²) in [4.78, 5) is 24.8. The molecule has 0 saturated carbocycles. The predicted molar refractivity (Wildman–Crippen MR) is 88.7 cm³/mol. The van der Waals surface area contributed by atoms with Crippen LogP contribution < -0.4 is 5.32 Å². The van der Waals surface area contributed by atoms with Crippen LogP contribution in [-0.2, 0) is 9.53 Å². The summed E-state index contributed by atoms with van der Waals surface area (Å²) in [6.45, 7) is 3.66. The Balaban J connectivity index is 2.61. The number of nitro benzene ring substituents is 1. The van der Waals surface area contributed by atoms with Gasteiger partial charge in [0.2, 0.25) is 0 Å². The number of esters is 1. The van der Waals surface area contributed by atoms with Gasteiger partial charge < -0.3 is 15.0 Å². The molecule has 0 bridgehead atoms. The number of rotatable bonds is 4. The van der Waals surface area contributed by atoms with E-state index in [1.807, 2.05) is 0 Å². The van der Waals surface area contributed by atoms with Crippen molar-refractivity contribution in [3.8, 4) is 0 Å². The number of nitrogens with one attached hydrogen (secondary N) is 1. The SMILES string of the molecule is CCOC(=O)C1=C(C)N(C)C(=S)N[C@H]1c1ccccc1[N+](=O)[O-]. The Morgan fingerprint density at radius 2 is 2.13 bits per heavy atom. The van der Waals surface area contributed by atoms with Crippen LogP contribution in [0.5, 0.6) is 0 Å². The third-order valence-electron chi connectivity index (χ3n) is 3.69. The van der Waals surface area contributed by atoms with Crippen molar-refractivity contribution < 1.29 is 14.5 Å². The first kappa shape index (κ1) is 16.9. The first-order chi connectivity index (χ1) is 10.9. The van der Waals surface area contributed by atoms with Gasteiger partial charge in [0.15, 0.2) is 5.11 Å².